The normalized spacial score (nSPS) is 4.75. The van der Waals surface area contributed by atoms with E-state index in [0.29, 0.717) is 0 Å². The van der Waals surface area contributed by atoms with E-state index in [0.717, 1.165) is 9.52 Å². The molecule has 0 saturated carbocycles. The van der Waals surface area contributed by atoms with E-state index in [-0.39, 0.29) is 21.7 Å². The predicted molar refractivity (Wildman–Crippen MR) is 39.3 cm³/mol. The largest absolute Gasteiger partial charge is 3.00 e. The maximum absolute atomic E-state index is 3.36. The summed E-state index contributed by atoms with van der Waals surface area (Å²) in [5, 5.41) is 0. The molecule has 0 aliphatic carbocycles. The second kappa shape index (κ2) is 26.2. The summed E-state index contributed by atoms with van der Waals surface area (Å²) in [6, 6.07) is 0. The second-order valence-corrected chi connectivity index (χ2v) is 2.20. The zero-order valence-electron chi connectivity index (χ0n) is 5.65. The summed E-state index contributed by atoms with van der Waals surface area (Å²) in [5.41, 5.74) is 0. The van der Waals surface area contributed by atoms with Crippen LogP contribution in [-0.2, 0) is 21.7 Å². The second-order valence-electron chi connectivity index (χ2n) is 1.05. The topological polar surface area (TPSA) is 0 Å². The van der Waals surface area contributed by atoms with Crippen molar-refractivity contribution >= 4 is 9.52 Å². The first-order valence-electron chi connectivity index (χ1n) is 2.30. The van der Waals surface area contributed by atoms with Crippen molar-refractivity contribution in [2.24, 2.45) is 0 Å². The van der Waals surface area contributed by atoms with E-state index < -0.39 is 0 Å². The van der Waals surface area contributed by atoms with Crippen LogP contribution < -0.4 is 0 Å². The summed E-state index contributed by atoms with van der Waals surface area (Å²) in [6.45, 7) is 11.1. The Bertz CT molecular complexity index is 37.8. The zero-order valence-corrected chi connectivity index (χ0v) is 8.36. The van der Waals surface area contributed by atoms with Crippen molar-refractivity contribution in [1.29, 1.82) is 0 Å². The molecule has 0 N–H and O–H groups in total. The average molecular weight is 161 g/mol. The first-order chi connectivity index (χ1) is 3.33. The van der Waals surface area contributed by atoms with E-state index in [4.69, 9.17) is 0 Å². The molecule has 0 aromatic rings. The Balaban J connectivity index is -0.0000000575. The maximum atomic E-state index is 3.36. The van der Waals surface area contributed by atoms with Crippen molar-refractivity contribution in [1.82, 2.24) is 0 Å². The van der Waals surface area contributed by atoms with Crippen LogP contribution in [0.2, 0.25) is 13.1 Å². The van der Waals surface area contributed by atoms with Crippen molar-refractivity contribution < 1.29 is 21.7 Å². The fraction of sp³-hybridized carbons (Fsp3) is 0.333. The number of rotatable bonds is 1. The van der Waals surface area contributed by atoms with Crippen LogP contribution in [0.4, 0.5) is 0 Å². The van der Waals surface area contributed by atoms with E-state index >= 15 is 0 Å². The van der Waals surface area contributed by atoms with E-state index in [2.05, 4.69) is 26.3 Å². The Morgan fingerprint density at radius 3 is 1.25 bits per heavy atom. The molecule has 2 radical (unpaired) electrons. The average Bonchev–Trinajstić information content (AvgIpc) is 1.69. The van der Waals surface area contributed by atoms with Gasteiger partial charge in [-0.15, -0.1) is 0 Å². The molecule has 0 heterocycles. The number of hydrogen-bond donors (Lipinski definition) is 0. The van der Waals surface area contributed by atoms with Crippen LogP contribution in [0.3, 0.4) is 0 Å². The molecule has 0 aromatic carbocycles. The van der Waals surface area contributed by atoms with Crippen LogP contribution in [0, 0.1) is 0 Å². The molecule has 0 aromatic heterocycles. The molecule has 8 heavy (non-hydrogen) atoms. The third-order valence-corrected chi connectivity index (χ3v) is 0.167. The summed E-state index contributed by atoms with van der Waals surface area (Å²) in [5.74, 6) is 0. The van der Waals surface area contributed by atoms with Gasteiger partial charge in [-0.3, -0.25) is 0 Å². The van der Waals surface area contributed by atoms with Crippen LogP contribution in [0.15, 0.2) is 25.3 Å². The fourth-order valence-electron chi connectivity index (χ4n) is 0. The summed E-state index contributed by atoms with van der Waals surface area (Å²) in [6.07, 6.45) is 3.28. The Morgan fingerprint density at radius 1 is 1.12 bits per heavy atom. The SMILES string of the molecule is C=CC=C.C[SiH]C.[Ti+3]. The van der Waals surface area contributed by atoms with E-state index in [9.17, 15) is 0 Å². The Labute approximate surface area is 69.8 Å². The molecular weight excluding hydrogens is 148 g/mol. The minimum absolute atomic E-state index is 0. The van der Waals surface area contributed by atoms with E-state index in [1.807, 2.05) is 0 Å². The molecule has 0 bridgehead atoms. The van der Waals surface area contributed by atoms with Crippen molar-refractivity contribution in [3.8, 4) is 0 Å². The molecule has 0 nitrogen and oxygen atoms in total. The zero-order chi connectivity index (χ0) is 6.12. The fourth-order valence-corrected chi connectivity index (χ4v) is 0. The third-order valence-electron chi connectivity index (χ3n) is 0.167. The van der Waals surface area contributed by atoms with Gasteiger partial charge in [0.1, 0.15) is 0 Å². The Hall–Kier alpha value is 0.411. The smallest absolute Gasteiger partial charge is 0.0991 e. The van der Waals surface area contributed by atoms with Gasteiger partial charge >= 0.3 is 21.7 Å². The van der Waals surface area contributed by atoms with Gasteiger partial charge in [-0.2, -0.15) is 0 Å². The van der Waals surface area contributed by atoms with Gasteiger partial charge in [-0.1, -0.05) is 38.4 Å². The van der Waals surface area contributed by atoms with Gasteiger partial charge < -0.3 is 0 Å². The summed E-state index contributed by atoms with van der Waals surface area (Å²) in [4.78, 5) is 0. The van der Waals surface area contributed by atoms with Gasteiger partial charge in [0.2, 0.25) is 0 Å². The minimum Gasteiger partial charge on any atom is -0.0991 e. The van der Waals surface area contributed by atoms with Crippen molar-refractivity contribution in [3.63, 3.8) is 0 Å². The summed E-state index contributed by atoms with van der Waals surface area (Å²) in [7, 11) is 0.750. The van der Waals surface area contributed by atoms with Crippen LogP contribution in [0.25, 0.3) is 0 Å². The predicted octanol–water partition coefficient (Wildman–Crippen LogP) is 1.87. The molecular formula is C6H13SiTi+3. The summed E-state index contributed by atoms with van der Waals surface area (Å²) >= 11 is 0. The molecule has 0 aliphatic rings. The van der Waals surface area contributed by atoms with Gasteiger partial charge in [-0.05, 0) is 0 Å². The van der Waals surface area contributed by atoms with Gasteiger partial charge in [0.25, 0.3) is 0 Å². The summed E-state index contributed by atoms with van der Waals surface area (Å²) < 4.78 is 0. The molecule has 2 heteroatoms. The first-order valence-corrected chi connectivity index (χ1v) is 4.61. The van der Waals surface area contributed by atoms with Gasteiger partial charge in [0.05, 0.1) is 0 Å². The van der Waals surface area contributed by atoms with E-state index in [1.54, 1.807) is 12.2 Å². The van der Waals surface area contributed by atoms with Gasteiger partial charge in [0.15, 0.2) is 0 Å². The Kier molecular flexibility index (Phi) is 51.6. The van der Waals surface area contributed by atoms with Crippen LogP contribution >= 0.6 is 0 Å². The van der Waals surface area contributed by atoms with Crippen LogP contribution in [-0.4, -0.2) is 9.52 Å². The number of hydrogen-bond acceptors (Lipinski definition) is 0. The molecule has 0 atom stereocenters. The van der Waals surface area contributed by atoms with Crippen molar-refractivity contribution in [2.45, 2.75) is 13.1 Å². The molecule has 0 fully saturated rings. The van der Waals surface area contributed by atoms with Crippen LogP contribution in [0.1, 0.15) is 0 Å². The molecule has 42 valence electrons. The molecule has 0 amide bonds. The molecule has 0 rings (SSSR count). The Morgan fingerprint density at radius 2 is 1.25 bits per heavy atom. The van der Waals surface area contributed by atoms with Gasteiger partial charge in [-0.25, -0.2) is 0 Å². The maximum Gasteiger partial charge on any atom is 3.00 e. The molecule has 0 spiro atoms. The van der Waals surface area contributed by atoms with Gasteiger partial charge in [0, 0.05) is 9.52 Å². The number of allylic oxidation sites excluding steroid dienone is 2. The van der Waals surface area contributed by atoms with Crippen LogP contribution in [0.5, 0.6) is 0 Å². The standard InChI is InChI=1S/C4H6.C2H7Si.Ti/c1-3-4-2;1-3-2;/h3-4H,1-2H2;3H,1-2H3;/q;;+3. The monoisotopic (exact) mass is 161 g/mol. The molecule has 0 aliphatic heterocycles. The minimum atomic E-state index is 0. The van der Waals surface area contributed by atoms with Crippen molar-refractivity contribution in [2.75, 3.05) is 0 Å². The first kappa shape index (κ1) is 15.8. The quantitative estimate of drug-likeness (QED) is 0.407. The molecule has 0 unspecified atom stereocenters. The third kappa shape index (κ3) is 94.3. The molecule has 0 saturated heterocycles. The van der Waals surface area contributed by atoms with Crippen molar-refractivity contribution in [3.05, 3.63) is 25.3 Å². The van der Waals surface area contributed by atoms with E-state index in [1.165, 1.54) is 0 Å².